The molecule has 0 spiro atoms. The minimum Gasteiger partial charge on any atom is -0.385 e. The van der Waals surface area contributed by atoms with Gasteiger partial charge in [-0.1, -0.05) is 11.6 Å². The van der Waals surface area contributed by atoms with Gasteiger partial charge in [-0.05, 0) is 31.5 Å². The fraction of sp³-hybridized carbons (Fsp3) is 0.417. The van der Waals surface area contributed by atoms with Crippen LogP contribution in [0.25, 0.3) is 11.0 Å². The van der Waals surface area contributed by atoms with E-state index in [0.717, 1.165) is 41.5 Å². The molecule has 1 heterocycles. The van der Waals surface area contributed by atoms with Crippen LogP contribution < -0.4 is 0 Å². The summed E-state index contributed by atoms with van der Waals surface area (Å²) in [6, 6.07) is 5.79. The lowest BCUT2D eigenvalue weighted by Crippen LogP contribution is -2.03. The highest BCUT2D eigenvalue weighted by Crippen LogP contribution is 2.20. The van der Waals surface area contributed by atoms with Gasteiger partial charge in [0.2, 0.25) is 0 Å². The topological polar surface area (TPSA) is 27.1 Å². The molecule has 2 rings (SSSR count). The zero-order chi connectivity index (χ0) is 11.5. The number of aromatic nitrogens is 2. The van der Waals surface area contributed by atoms with Crippen molar-refractivity contribution < 1.29 is 4.74 Å². The number of hydrogen-bond acceptors (Lipinski definition) is 2. The fourth-order valence-electron chi connectivity index (χ4n) is 1.87. The van der Waals surface area contributed by atoms with Gasteiger partial charge >= 0.3 is 0 Å². The number of methoxy groups -OCH3 is 1. The van der Waals surface area contributed by atoms with Crippen molar-refractivity contribution in [3.8, 4) is 0 Å². The van der Waals surface area contributed by atoms with E-state index in [4.69, 9.17) is 16.3 Å². The number of benzene rings is 1. The van der Waals surface area contributed by atoms with Crippen molar-refractivity contribution in [3.05, 3.63) is 29.0 Å². The average Bonchev–Trinajstić information content (AvgIpc) is 2.56. The predicted molar refractivity (Wildman–Crippen MR) is 66.0 cm³/mol. The first-order chi connectivity index (χ1) is 7.72. The molecule has 0 atom stereocenters. The van der Waals surface area contributed by atoms with Crippen molar-refractivity contribution in [1.82, 2.24) is 9.55 Å². The van der Waals surface area contributed by atoms with Crippen molar-refractivity contribution in [2.75, 3.05) is 13.7 Å². The van der Waals surface area contributed by atoms with Crippen molar-refractivity contribution in [3.63, 3.8) is 0 Å². The highest BCUT2D eigenvalue weighted by molar-refractivity contribution is 6.31. The molecule has 16 heavy (non-hydrogen) atoms. The Balaban J connectivity index is 2.34. The molecule has 0 radical (unpaired) electrons. The molecular weight excluding hydrogens is 224 g/mol. The van der Waals surface area contributed by atoms with E-state index in [2.05, 4.69) is 9.55 Å². The maximum atomic E-state index is 6.00. The third-order valence-electron chi connectivity index (χ3n) is 2.63. The fourth-order valence-corrected chi connectivity index (χ4v) is 2.03. The van der Waals surface area contributed by atoms with Gasteiger partial charge < -0.3 is 9.30 Å². The van der Waals surface area contributed by atoms with Gasteiger partial charge in [0.25, 0.3) is 0 Å². The Morgan fingerprint density at radius 3 is 3.00 bits per heavy atom. The number of halogens is 1. The molecule has 2 aromatic rings. The van der Waals surface area contributed by atoms with Crippen molar-refractivity contribution in [2.24, 2.45) is 0 Å². The van der Waals surface area contributed by atoms with Crippen LogP contribution in [-0.4, -0.2) is 23.3 Å². The molecule has 3 nitrogen and oxygen atoms in total. The van der Waals surface area contributed by atoms with E-state index in [0.29, 0.717) is 0 Å². The second-order valence-electron chi connectivity index (χ2n) is 3.79. The highest BCUT2D eigenvalue weighted by atomic mass is 35.5. The van der Waals surface area contributed by atoms with Gasteiger partial charge in [0.1, 0.15) is 5.82 Å². The molecule has 4 heteroatoms. The van der Waals surface area contributed by atoms with Gasteiger partial charge in [0.15, 0.2) is 0 Å². The maximum absolute atomic E-state index is 6.00. The number of ether oxygens (including phenoxy) is 1. The number of nitrogens with zero attached hydrogens (tertiary/aromatic N) is 2. The molecule has 1 aromatic heterocycles. The van der Waals surface area contributed by atoms with Crippen LogP contribution in [0.15, 0.2) is 18.2 Å². The molecule has 0 N–H and O–H groups in total. The lowest BCUT2D eigenvalue weighted by molar-refractivity contribution is 0.190. The Hall–Kier alpha value is -1.06. The van der Waals surface area contributed by atoms with Crippen LogP contribution in [0.3, 0.4) is 0 Å². The number of hydrogen-bond donors (Lipinski definition) is 0. The van der Waals surface area contributed by atoms with Gasteiger partial charge in [0, 0.05) is 25.3 Å². The Labute approximate surface area is 100.0 Å². The summed E-state index contributed by atoms with van der Waals surface area (Å²) in [5, 5.41) is 0.750. The highest BCUT2D eigenvalue weighted by Gasteiger charge is 2.07. The van der Waals surface area contributed by atoms with Gasteiger partial charge in [-0.25, -0.2) is 4.98 Å². The Bertz CT molecular complexity index is 493. The predicted octanol–water partition coefficient (Wildman–Crippen LogP) is 3.03. The summed E-state index contributed by atoms with van der Waals surface area (Å²) in [6.45, 7) is 3.69. The molecule has 0 amide bonds. The molecule has 0 aliphatic rings. The van der Waals surface area contributed by atoms with E-state index < -0.39 is 0 Å². The summed E-state index contributed by atoms with van der Waals surface area (Å²) in [5.74, 6) is 1.02. The largest absolute Gasteiger partial charge is 0.385 e. The lowest BCUT2D eigenvalue weighted by atomic mass is 10.3. The number of fused-ring (bicyclic) bond motifs is 1. The normalized spacial score (nSPS) is 11.2. The first kappa shape index (κ1) is 11.4. The van der Waals surface area contributed by atoms with Crippen molar-refractivity contribution >= 4 is 22.6 Å². The molecule has 1 aromatic carbocycles. The number of imidazole rings is 1. The van der Waals surface area contributed by atoms with Crippen LogP contribution >= 0.6 is 11.6 Å². The lowest BCUT2D eigenvalue weighted by Gasteiger charge is -2.06. The number of rotatable bonds is 4. The summed E-state index contributed by atoms with van der Waals surface area (Å²) in [7, 11) is 1.72. The van der Waals surface area contributed by atoms with E-state index in [1.165, 1.54) is 0 Å². The Kier molecular flexibility index (Phi) is 3.46. The first-order valence-electron chi connectivity index (χ1n) is 5.33. The maximum Gasteiger partial charge on any atom is 0.106 e. The molecule has 0 aliphatic heterocycles. The van der Waals surface area contributed by atoms with Gasteiger partial charge in [-0.2, -0.15) is 0 Å². The summed E-state index contributed by atoms with van der Waals surface area (Å²) in [4.78, 5) is 4.50. The van der Waals surface area contributed by atoms with Crippen LogP contribution in [0, 0.1) is 6.92 Å². The van der Waals surface area contributed by atoms with E-state index >= 15 is 0 Å². The second kappa shape index (κ2) is 4.85. The number of aryl methyl sites for hydroxylation is 2. The molecule has 0 bridgehead atoms. The third kappa shape index (κ3) is 2.20. The van der Waals surface area contributed by atoms with E-state index in [9.17, 15) is 0 Å². The van der Waals surface area contributed by atoms with Crippen LogP contribution in [0.5, 0.6) is 0 Å². The van der Waals surface area contributed by atoms with Crippen molar-refractivity contribution in [2.45, 2.75) is 19.9 Å². The van der Waals surface area contributed by atoms with Gasteiger partial charge in [-0.3, -0.25) is 0 Å². The summed E-state index contributed by atoms with van der Waals surface area (Å²) in [6.07, 6.45) is 0.981. The quantitative estimate of drug-likeness (QED) is 0.766. The standard InChI is InChI=1S/C12H15ClN2O/c1-9-14-11-5-4-10(13)8-12(11)15(9)6-3-7-16-2/h4-5,8H,3,6-7H2,1-2H3. The molecule has 0 fully saturated rings. The molecule has 0 saturated carbocycles. The van der Waals surface area contributed by atoms with E-state index in [1.54, 1.807) is 7.11 Å². The summed E-state index contributed by atoms with van der Waals surface area (Å²) < 4.78 is 7.24. The molecular formula is C12H15ClN2O. The molecule has 0 saturated heterocycles. The minimum absolute atomic E-state index is 0.750. The zero-order valence-corrected chi connectivity index (χ0v) is 10.3. The molecule has 86 valence electrons. The Morgan fingerprint density at radius 2 is 2.25 bits per heavy atom. The minimum atomic E-state index is 0.750. The first-order valence-corrected chi connectivity index (χ1v) is 5.71. The van der Waals surface area contributed by atoms with Gasteiger partial charge in [-0.15, -0.1) is 0 Å². The van der Waals surface area contributed by atoms with Gasteiger partial charge in [0.05, 0.1) is 11.0 Å². The van der Waals surface area contributed by atoms with Crippen LogP contribution in [-0.2, 0) is 11.3 Å². The van der Waals surface area contributed by atoms with Crippen molar-refractivity contribution in [1.29, 1.82) is 0 Å². The molecule has 0 unspecified atom stereocenters. The second-order valence-corrected chi connectivity index (χ2v) is 4.23. The monoisotopic (exact) mass is 238 g/mol. The van der Waals surface area contributed by atoms with E-state index in [1.807, 2.05) is 25.1 Å². The average molecular weight is 239 g/mol. The summed E-state index contributed by atoms with van der Waals surface area (Å²) in [5.41, 5.74) is 2.10. The SMILES string of the molecule is COCCCn1c(C)nc2ccc(Cl)cc21. The third-order valence-corrected chi connectivity index (χ3v) is 2.87. The Morgan fingerprint density at radius 1 is 1.44 bits per heavy atom. The summed E-state index contributed by atoms with van der Waals surface area (Å²) >= 11 is 6.00. The van der Waals surface area contributed by atoms with Crippen LogP contribution in [0.4, 0.5) is 0 Å². The van der Waals surface area contributed by atoms with E-state index in [-0.39, 0.29) is 0 Å². The smallest absolute Gasteiger partial charge is 0.106 e. The molecule has 0 aliphatic carbocycles. The van der Waals surface area contributed by atoms with Crippen LogP contribution in [0.2, 0.25) is 5.02 Å². The van der Waals surface area contributed by atoms with Crippen LogP contribution in [0.1, 0.15) is 12.2 Å². The zero-order valence-electron chi connectivity index (χ0n) is 9.53.